The van der Waals surface area contributed by atoms with Crippen LogP contribution in [0, 0.1) is 50.7 Å². The first-order valence-corrected chi connectivity index (χ1v) is 17.9. The smallest absolute Gasteiger partial charge is 0.306 e. The minimum atomic E-state index is -0.529. The maximum absolute atomic E-state index is 13.1. The van der Waals surface area contributed by atoms with Gasteiger partial charge in [-0.1, -0.05) is 52.3 Å². The van der Waals surface area contributed by atoms with Gasteiger partial charge in [-0.3, -0.25) is 4.79 Å². The van der Waals surface area contributed by atoms with Gasteiger partial charge in [-0.15, -0.1) is 0 Å². The second-order valence-electron chi connectivity index (χ2n) is 17.4. The molecule has 0 unspecified atom stereocenters. The Kier molecular flexibility index (Phi) is 8.67. The van der Waals surface area contributed by atoms with Gasteiger partial charge in [-0.25, -0.2) is 0 Å². The average Bonchev–Trinajstić information content (AvgIpc) is 3.18. The fourth-order valence-electron chi connectivity index (χ4n) is 12.4. The fraction of sp³-hybridized carbons (Fsp3) is 0.769. The first-order valence-electron chi connectivity index (χ1n) is 17.9. The Morgan fingerprint density at radius 1 is 0.826 bits per heavy atom. The number of benzene rings is 1. The third kappa shape index (κ3) is 5.13. The molecule has 5 aliphatic rings. The molecule has 7 heteroatoms. The molecule has 0 radical (unpaired) electrons. The van der Waals surface area contributed by atoms with Gasteiger partial charge >= 0.3 is 5.97 Å². The van der Waals surface area contributed by atoms with Crippen molar-refractivity contribution in [3.63, 3.8) is 0 Å². The van der Waals surface area contributed by atoms with Crippen LogP contribution in [0.25, 0.3) is 0 Å². The van der Waals surface area contributed by atoms with E-state index in [1.807, 2.05) is 0 Å². The molecule has 0 aromatic heterocycles. The second kappa shape index (κ2) is 11.8. The number of hydrogen-bond donors (Lipinski definition) is 5. The van der Waals surface area contributed by atoms with Crippen molar-refractivity contribution in [2.24, 2.45) is 50.7 Å². The van der Waals surface area contributed by atoms with E-state index < -0.39 is 16.9 Å². The minimum Gasteiger partial charge on any atom is -0.504 e. The van der Waals surface area contributed by atoms with Crippen molar-refractivity contribution in [2.45, 2.75) is 124 Å². The van der Waals surface area contributed by atoms with Gasteiger partial charge in [0.05, 0.1) is 19.3 Å². The molecule has 11 atom stereocenters. The second-order valence-corrected chi connectivity index (χ2v) is 17.4. The van der Waals surface area contributed by atoms with Crippen molar-refractivity contribution >= 4 is 5.97 Å². The Morgan fingerprint density at radius 2 is 1.54 bits per heavy atom. The van der Waals surface area contributed by atoms with E-state index in [1.165, 1.54) is 12.1 Å². The summed E-state index contributed by atoms with van der Waals surface area (Å²) in [6.45, 7) is 11.7. The molecule has 256 valence electrons. The molecule has 0 spiro atoms. The van der Waals surface area contributed by atoms with Crippen molar-refractivity contribution in [3.05, 3.63) is 35.4 Å². The topological polar surface area (TPSA) is 127 Å². The van der Waals surface area contributed by atoms with E-state index in [0.29, 0.717) is 18.3 Å². The molecule has 0 heterocycles. The number of esters is 1. The van der Waals surface area contributed by atoms with Crippen LogP contribution >= 0.6 is 0 Å². The van der Waals surface area contributed by atoms with Gasteiger partial charge < -0.3 is 30.3 Å². The SMILES string of the molecule is C[C@@]12CC[C@@H]3[C@](C)(CC[C@H](OC(=O)CCc4ccc(O)c(O)c4)[C@]3(C)CO)[C@H]1CC[C@@H]1C(=CC[C@@H]3[C@]1(C)CC[C@@H](O)[C@]3(C)CO)C2. The third-order valence-electron chi connectivity index (χ3n) is 15.0. The van der Waals surface area contributed by atoms with E-state index in [1.54, 1.807) is 11.6 Å². The van der Waals surface area contributed by atoms with Gasteiger partial charge in [0.1, 0.15) is 6.10 Å². The Morgan fingerprint density at radius 3 is 2.24 bits per heavy atom. The number of fused-ring (bicyclic) bond motifs is 6. The highest BCUT2D eigenvalue weighted by Crippen LogP contribution is 2.70. The number of hydrogen-bond acceptors (Lipinski definition) is 7. The van der Waals surface area contributed by atoms with E-state index in [2.05, 4.69) is 40.7 Å². The van der Waals surface area contributed by atoms with Crippen LogP contribution < -0.4 is 0 Å². The minimum absolute atomic E-state index is 0.0178. The molecule has 7 nitrogen and oxygen atoms in total. The Bertz CT molecular complexity index is 1360. The van der Waals surface area contributed by atoms with Crippen molar-refractivity contribution in [1.82, 2.24) is 0 Å². The molecule has 5 aliphatic carbocycles. The molecular formula is C39H58O7. The molecular weight excluding hydrogens is 580 g/mol. The van der Waals surface area contributed by atoms with Crippen molar-refractivity contribution in [1.29, 1.82) is 0 Å². The summed E-state index contributed by atoms with van der Waals surface area (Å²) < 4.78 is 6.18. The average molecular weight is 639 g/mol. The van der Waals surface area contributed by atoms with Crippen molar-refractivity contribution in [3.8, 4) is 11.5 Å². The number of ether oxygens (including phenoxy) is 1. The monoisotopic (exact) mass is 638 g/mol. The largest absolute Gasteiger partial charge is 0.504 e. The van der Waals surface area contributed by atoms with Crippen LogP contribution in [0.2, 0.25) is 0 Å². The number of carbonyl (C=O) groups is 1. The molecule has 6 rings (SSSR count). The lowest BCUT2D eigenvalue weighted by atomic mass is 9.42. The zero-order valence-corrected chi connectivity index (χ0v) is 28.7. The Hall–Kier alpha value is -2.09. The predicted molar refractivity (Wildman–Crippen MR) is 177 cm³/mol. The summed E-state index contributed by atoms with van der Waals surface area (Å²) in [5.74, 6) is 0.798. The number of phenolic OH excluding ortho intramolecular Hbond substituents is 2. The van der Waals surface area contributed by atoms with Gasteiger partial charge in [-0.05, 0) is 128 Å². The molecule has 0 aliphatic heterocycles. The highest BCUT2D eigenvalue weighted by atomic mass is 16.5. The number of aryl methyl sites for hydroxylation is 1. The number of aromatic hydroxyl groups is 2. The third-order valence-corrected chi connectivity index (χ3v) is 15.0. The Balaban J connectivity index is 1.20. The molecule has 46 heavy (non-hydrogen) atoms. The first kappa shape index (κ1) is 33.8. The quantitative estimate of drug-likeness (QED) is 0.134. The zero-order valence-electron chi connectivity index (χ0n) is 28.7. The van der Waals surface area contributed by atoms with Crippen LogP contribution in [-0.4, -0.2) is 56.9 Å². The highest BCUT2D eigenvalue weighted by Gasteiger charge is 2.64. The molecule has 0 bridgehead atoms. The normalized spacial score (nSPS) is 45.3. The molecule has 4 saturated carbocycles. The van der Waals surface area contributed by atoms with Crippen molar-refractivity contribution < 1.29 is 35.1 Å². The van der Waals surface area contributed by atoms with E-state index in [9.17, 15) is 30.3 Å². The van der Waals surface area contributed by atoms with E-state index in [0.717, 1.165) is 69.8 Å². The van der Waals surface area contributed by atoms with Gasteiger partial charge in [-0.2, -0.15) is 0 Å². The number of aliphatic hydroxyl groups excluding tert-OH is 3. The summed E-state index contributed by atoms with van der Waals surface area (Å²) in [4.78, 5) is 13.1. The van der Waals surface area contributed by atoms with Crippen LogP contribution in [0.4, 0.5) is 0 Å². The number of rotatable bonds is 6. The lowest BCUT2D eigenvalue weighted by Crippen LogP contribution is -2.61. The highest BCUT2D eigenvalue weighted by molar-refractivity contribution is 5.70. The molecule has 1 aromatic carbocycles. The van der Waals surface area contributed by atoms with E-state index in [4.69, 9.17) is 4.74 Å². The number of allylic oxidation sites excluding steroid dienone is 2. The van der Waals surface area contributed by atoms with Crippen molar-refractivity contribution in [2.75, 3.05) is 13.2 Å². The van der Waals surface area contributed by atoms with Crippen LogP contribution in [-0.2, 0) is 16.0 Å². The number of carbonyl (C=O) groups excluding carboxylic acids is 1. The maximum atomic E-state index is 13.1. The maximum Gasteiger partial charge on any atom is 0.306 e. The van der Waals surface area contributed by atoms with Gasteiger partial charge in [0.15, 0.2) is 11.5 Å². The van der Waals surface area contributed by atoms with Crippen LogP contribution in [0.1, 0.15) is 111 Å². The number of phenols is 2. The van der Waals surface area contributed by atoms with Gasteiger partial charge in [0, 0.05) is 17.3 Å². The number of aliphatic hydroxyl groups is 3. The summed E-state index contributed by atoms with van der Waals surface area (Å²) in [6, 6.07) is 4.61. The van der Waals surface area contributed by atoms with Crippen LogP contribution in [0.5, 0.6) is 11.5 Å². The molecule has 5 N–H and O–H groups in total. The molecule has 4 fully saturated rings. The fourth-order valence-corrected chi connectivity index (χ4v) is 12.4. The summed E-state index contributed by atoms with van der Waals surface area (Å²) in [5.41, 5.74) is 1.62. The summed E-state index contributed by atoms with van der Waals surface area (Å²) in [5, 5.41) is 51.9. The summed E-state index contributed by atoms with van der Waals surface area (Å²) in [6.07, 6.45) is 12.1. The molecule has 1 aromatic rings. The lowest BCUT2D eigenvalue weighted by Gasteiger charge is -2.64. The predicted octanol–water partition coefficient (Wildman–Crippen LogP) is 6.68. The zero-order chi connectivity index (χ0) is 33.3. The van der Waals surface area contributed by atoms with Crippen LogP contribution in [0.15, 0.2) is 29.8 Å². The summed E-state index contributed by atoms with van der Waals surface area (Å²) >= 11 is 0. The summed E-state index contributed by atoms with van der Waals surface area (Å²) in [7, 11) is 0. The van der Waals surface area contributed by atoms with Gasteiger partial charge in [0.25, 0.3) is 0 Å². The first-order chi connectivity index (χ1) is 21.6. The standard InChI is InChI=1S/C39H58O7/c1-35-17-14-31-37(3,19-16-33(39(31,5)23-41)46-34(45)13-7-24-6-10-27(42)28(43)20-24)29(35)12-9-26-25(21-35)8-11-30-36(26,2)18-15-32(44)38(30,4)22-40/h6,8,10,20,26,29-33,40-44H,7,9,11-19,21-23H2,1-5H3/t26-,29+,30-,31-,32-,33+,35+,36-,37-,38-,39-/m1/s1. The van der Waals surface area contributed by atoms with E-state index >= 15 is 0 Å². The lowest BCUT2D eigenvalue weighted by molar-refractivity contribution is -0.206. The molecule has 0 amide bonds. The van der Waals surface area contributed by atoms with Gasteiger partial charge in [0.2, 0.25) is 0 Å². The molecule has 0 saturated heterocycles. The van der Waals surface area contributed by atoms with Crippen LogP contribution in [0.3, 0.4) is 0 Å². The van der Waals surface area contributed by atoms with E-state index in [-0.39, 0.29) is 71.3 Å². The Labute approximate surface area is 275 Å².